The number of fused-ring (bicyclic) bond motifs is 1. The summed E-state index contributed by atoms with van der Waals surface area (Å²) in [7, 11) is 0. The average molecular weight is 218 g/mol. The molecular weight excluding hydrogens is 204 g/mol. The van der Waals surface area contributed by atoms with E-state index in [4.69, 9.17) is 9.15 Å². The summed E-state index contributed by atoms with van der Waals surface area (Å²) in [4.78, 5) is 11.7. The predicted octanol–water partition coefficient (Wildman–Crippen LogP) is 2.97. The molecule has 1 atom stereocenters. The molecule has 0 N–H and O–H groups in total. The summed E-state index contributed by atoms with van der Waals surface area (Å²) in [6, 6.07) is 8.55. The van der Waals surface area contributed by atoms with Crippen molar-refractivity contribution in [3.63, 3.8) is 0 Å². The summed E-state index contributed by atoms with van der Waals surface area (Å²) in [6.45, 7) is 3.96. The van der Waals surface area contributed by atoms with Crippen molar-refractivity contribution in [2.75, 3.05) is 0 Å². The van der Waals surface area contributed by atoms with E-state index in [0.29, 0.717) is 11.0 Å². The first kappa shape index (κ1) is 10.7. The Hall–Kier alpha value is -1.77. The second kappa shape index (κ2) is 4.39. The maximum absolute atomic E-state index is 11.7. The lowest BCUT2D eigenvalue weighted by Gasteiger charge is -2.10. The third-order valence-electron chi connectivity index (χ3n) is 2.50. The summed E-state index contributed by atoms with van der Waals surface area (Å²) >= 11 is 0. The van der Waals surface area contributed by atoms with E-state index in [-0.39, 0.29) is 17.5 Å². The van der Waals surface area contributed by atoms with Crippen LogP contribution in [0.2, 0.25) is 0 Å². The van der Waals surface area contributed by atoms with Crippen LogP contribution < -0.4 is 10.2 Å². The van der Waals surface area contributed by atoms with Gasteiger partial charge in [0.15, 0.2) is 5.43 Å². The van der Waals surface area contributed by atoms with Gasteiger partial charge in [0.05, 0.1) is 17.6 Å². The Balaban J connectivity index is 2.46. The molecule has 0 saturated carbocycles. The van der Waals surface area contributed by atoms with Gasteiger partial charge in [-0.25, -0.2) is 0 Å². The maximum Gasteiger partial charge on any atom is 0.288 e. The number of benzene rings is 1. The van der Waals surface area contributed by atoms with Crippen molar-refractivity contribution in [1.82, 2.24) is 0 Å². The summed E-state index contributed by atoms with van der Waals surface area (Å²) < 4.78 is 11.0. The largest absolute Gasteiger partial charge is 0.462 e. The first-order valence-electron chi connectivity index (χ1n) is 5.40. The van der Waals surface area contributed by atoms with Crippen molar-refractivity contribution in [3.05, 3.63) is 40.6 Å². The zero-order chi connectivity index (χ0) is 11.5. The van der Waals surface area contributed by atoms with Crippen LogP contribution in [0.3, 0.4) is 0 Å². The van der Waals surface area contributed by atoms with Gasteiger partial charge in [-0.1, -0.05) is 19.1 Å². The summed E-state index contributed by atoms with van der Waals surface area (Å²) in [5.41, 5.74) is 0.494. The van der Waals surface area contributed by atoms with Gasteiger partial charge >= 0.3 is 0 Å². The highest BCUT2D eigenvalue weighted by molar-refractivity contribution is 5.76. The Bertz CT molecular complexity index is 542. The van der Waals surface area contributed by atoms with E-state index in [0.717, 1.165) is 6.42 Å². The summed E-state index contributed by atoms with van der Waals surface area (Å²) in [5.74, 6) is 0.290. The minimum absolute atomic E-state index is 0.0457. The van der Waals surface area contributed by atoms with Crippen molar-refractivity contribution < 1.29 is 9.15 Å². The predicted molar refractivity (Wildman–Crippen MR) is 62.9 cm³/mol. The fraction of sp³-hybridized carbons (Fsp3) is 0.308. The van der Waals surface area contributed by atoms with Gasteiger partial charge in [0, 0.05) is 0 Å². The molecule has 0 bridgehead atoms. The Labute approximate surface area is 93.7 Å². The number of hydrogen-bond acceptors (Lipinski definition) is 3. The monoisotopic (exact) mass is 218 g/mol. The number of hydrogen-bond donors (Lipinski definition) is 0. The van der Waals surface area contributed by atoms with Gasteiger partial charge in [0.2, 0.25) is 0 Å². The Morgan fingerprint density at radius 3 is 2.88 bits per heavy atom. The molecular formula is C13H14O3. The van der Waals surface area contributed by atoms with E-state index in [1.807, 2.05) is 26.0 Å². The molecule has 84 valence electrons. The maximum atomic E-state index is 11.7. The van der Waals surface area contributed by atoms with Crippen molar-refractivity contribution in [2.24, 2.45) is 0 Å². The second-order valence-corrected chi connectivity index (χ2v) is 3.76. The van der Waals surface area contributed by atoms with Crippen molar-refractivity contribution in [1.29, 1.82) is 0 Å². The fourth-order valence-electron chi connectivity index (χ4n) is 1.42. The van der Waals surface area contributed by atoms with Gasteiger partial charge in [-0.05, 0) is 25.5 Å². The van der Waals surface area contributed by atoms with Gasteiger partial charge in [0.1, 0.15) is 5.58 Å². The molecule has 0 aliphatic heterocycles. The van der Waals surface area contributed by atoms with E-state index in [9.17, 15) is 4.79 Å². The highest BCUT2D eigenvalue weighted by atomic mass is 16.6. The minimum Gasteiger partial charge on any atom is -0.462 e. The molecule has 3 heteroatoms. The van der Waals surface area contributed by atoms with E-state index >= 15 is 0 Å². The summed E-state index contributed by atoms with van der Waals surface area (Å²) in [5, 5.41) is 0.582. The Morgan fingerprint density at radius 1 is 1.38 bits per heavy atom. The SMILES string of the molecule is CC[C@@H](C)Oc1cc(=O)c2ccccc2o1. The van der Waals surface area contributed by atoms with E-state index < -0.39 is 0 Å². The van der Waals surface area contributed by atoms with E-state index in [2.05, 4.69) is 0 Å². The molecule has 2 aromatic rings. The molecule has 2 rings (SSSR count). The molecule has 0 aliphatic carbocycles. The van der Waals surface area contributed by atoms with Crippen LogP contribution in [-0.4, -0.2) is 6.10 Å². The lowest BCUT2D eigenvalue weighted by molar-refractivity contribution is 0.169. The molecule has 0 aliphatic rings. The first-order valence-corrected chi connectivity index (χ1v) is 5.40. The molecule has 1 heterocycles. The topological polar surface area (TPSA) is 39.4 Å². The molecule has 1 aromatic heterocycles. The molecule has 0 radical (unpaired) electrons. The average Bonchev–Trinajstić information content (AvgIpc) is 2.29. The molecule has 0 amide bonds. The fourth-order valence-corrected chi connectivity index (χ4v) is 1.42. The van der Waals surface area contributed by atoms with Crippen LogP contribution in [0.5, 0.6) is 5.95 Å². The van der Waals surface area contributed by atoms with E-state index in [1.54, 1.807) is 12.1 Å². The quantitative estimate of drug-likeness (QED) is 0.795. The van der Waals surface area contributed by atoms with Gasteiger partial charge in [-0.3, -0.25) is 4.79 Å². The first-order chi connectivity index (χ1) is 7.70. The van der Waals surface area contributed by atoms with Crippen LogP contribution >= 0.6 is 0 Å². The van der Waals surface area contributed by atoms with Crippen LogP contribution in [0.15, 0.2) is 39.5 Å². The minimum atomic E-state index is -0.0693. The zero-order valence-corrected chi connectivity index (χ0v) is 9.40. The lowest BCUT2D eigenvalue weighted by atomic mass is 10.2. The highest BCUT2D eigenvalue weighted by Gasteiger charge is 2.07. The van der Waals surface area contributed by atoms with Crippen LogP contribution in [-0.2, 0) is 0 Å². The Kier molecular flexibility index (Phi) is 2.95. The smallest absolute Gasteiger partial charge is 0.288 e. The van der Waals surface area contributed by atoms with Gasteiger partial charge in [-0.2, -0.15) is 0 Å². The second-order valence-electron chi connectivity index (χ2n) is 3.76. The van der Waals surface area contributed by atoms with Gasteiger partial charge < -0.3 is 9.15 Å². The molecule has 1 aromatic carbocycles. The summed E-state index contributed by atoms with van der Waals surface area (Å²) in [6.07, 6.45) is 0.917. The van der Waals surface area contributed by atoms with Gasteiger partial charge in [0.25, 0.3) is 5.95 Å². The Morgan fingerprint density at radius 2 is 2.12 bits per heavy atom. The lowest BCUT2D eigenvalue weighted by Crippen LogP contribution is -2.11. The molecule has 16 heavy (non-hydrogen) atoms. The van der Waals surface area contributed by atoms with Crippen molar-refractivity contribution in [2.45, 2.75) is 26.4 Å². The van der Waals surface area contributed by atoms with Crippen LogP contribution in [0.4, 0.5) is 0 Å². The molecule has 0 saturated heterocycles. The van der Waals surface area contributed by atoms with Crippen LogP contribution in [0.1, 0.15) is 20.3 Å². The third kappa shape index (κ3) is 2.08. The normalized spacial score (nSPS) is 12.6. The van der Waals surface area contributed by atoms with Crippen molar-refractivity contribution in [3.8, 4) is 5.95 Å². The van der Waals surface area contributed by atoms with Crippen LogP contribution in [0, 0.1) is 0 Å². The molecule has 0 fully saturated rings. The molecule has 3 nitrogen and oxygen atoms in total. The number of ether oxygens (including phenoxy) is 1. The van der Waals surface area contributed by atoms with Gasteiger partial charge in [-0.15, -0.1) is 0 Å². The number of rotatable bonds is 3. The van der Waals surface area contributed by atoms with Crippen LogP contribution in [0.25, 0.3) is 11.0 Å². The number of para-hydroxylation sites is 1. The van der Waals surface area contributed by atoms with E-state index in [1.165, 1.54) is 6.07 Å². The molecule has 0 spiro atoms. The zero-order valence-electron chi connectivity index (χ0n) is 9.40. The highest BCUT2D eigenvalue weighted by Crippen LogP contribution is 2.18. The third-order valence-corrected chi connectivity index (χ3v) is 2.50. The van der Waals surface area contributed by atoms with Crippen molar-refractivity contribution >= 4 is 11.0 Å². The molecule has 0 unspecified atom stereocenters. The standard InChI is InChI=1S/C13H14O3/c1-3-9(2)15-13-8-11(14)10-6-4-5-7-12(10)16-13/h4-9H,3H2,1-2H3/t9-/m1/s1.